The van der Waals surface area contributed by atoms with Gasteiger partial charge in [0.1, 0.15) is 24.6 Å². The fourth-order valence-electron chi connectivity index (χ4n) is 1.95. The average Bonchev–Trinajstić information content (AvgIpc) is 2.71. The van der Waals surface area contributed by atoms with E-state index in [0.717, 1.165) is 10.9 Å². The van der Waals surface area contributed by atoms with Crippen LogP contribution in [0.25, 0.3) is 0 Å². The molecule has 5 atom stereocenters. The van der Waals surface area contributed by atoms with Crippen LogP contribution < -0.4 is 11.4 Å². The van der Waals surface area contributed by atoms with Gasteiger partial charge in [-0.05, 0) is 0 Å². The van der Waals surface area contributed by atoms with E-state index in [1.54, 1.807) is 0 Å². The van der Waals surface area contributed by atoms with Gasteiger partial charge in [-0.15, -0.1) is 0 Å². The largest absolute Gasteiger partial charge is 0.481 e. The predicted molar refractivity (Wildman–Crippen MR) is 75.5 cm³/mol. The molecule has 0 bridgehead atoms. The SMILES string of the molecule is Nc1ncn(C2OC(COP(=O)(O)OP(=O)(O)O)C(O)C2O)c(=O)n1. The molecule has 1 aromatic rings. The standard InChI is InChI=1S/C8H14N4O11P2/c9-7-10-2-12(8(15)11-7)6-5(14)4(13)3(22-6)1-21-25(19,20)23-24(16,17)18/h2-6,13-14H,1H2,(H,19,20)(H2,9,11,15)(H2,16,17,18). The van der Waals surface area contributed by atoms with Gasteiger partial charge in [0.2, 0.25) is 5.95 Å². The van der Waals surface area contributed by atoms with Crippen LogP contribution >= 0.6 is 15.6 Å². The highest BCUT2D eigenvalue weighted by molar-refractivity contribution is 7.60. The molecule has 0 aliphatic carbocycles. The van der Waals surface area contributed by atoms with Gasteiger partial charge in [0.25, 0.3) is 0 Å². The Balaban J connectivity index is 2.08. The normalized spacial score (nSPS) is 29.5. The summed E-state index contributed by atoms with van der Waals surface area (Å²) in [5, 5.41) is 19.8. The van der Waals surface area contributed by atoms with E-state index >= 15 is 0 Å². The number of aliphatic hydroxyl groups is 2. The number of hydrogen-bond donors (Lipinski definition) is 6. The zero-order valence-electron chi connectivity index (χ0n) is 12.1. The number of anilines is 1. The summed E-state index contributed by atoms with van der Waals surface area (Å²) in [5.41, 5.74) is 4.27. The van der Waals surface area contributed by atoms with E-state index in [9.17, 15) is 24.1 Å². The van der Waals surface area contributed by atoms with E-state index in [2.05, 4.69) is 18.8 Å². The highest BCUT2D eigenvalue weighted by Crippen LogP contribution is 2.57. The van der Waals surface area contributed by atoms with Gasteiger partial charge in [0.15, 0.2) is 6.23 Å². The van der Waals surface area contributed by atoms with Crippen LogP contribution in [0.5, 0.6) is 0 Å². The lowest BCUT2D eigenvalue weighted by atomic mass is 10.1. The Labute approximate surface area is 138 Å². The Bertz CT molecular complexity index is 780. The minimum atomic E-state index is -5.31. The van der Waals surface area contributed by atoms with Crippen molar-refractivity contribution in [1.82, 2.24) is 14.5 Å². The molecule has 2 rings (SSSR count). The van der Waals surface area contributed by atoms with Crippen LogP contribution in [0.2, 0.25) is 0 Å². The molecule has 1 aliphatic heterocycles. The summed E-state index contributed by atoms with van der Waals surface area (Å²) in [6.07, 6.45) is -5.34. The summed E-state index contributed by atoms with van der Waals surface area (Å²) in [5.74, 6) is -0.329. The number of nitrogens with zero attached hydrogens (tertiary/aromatic N) is 3. The van der Waals surface area contributed by atoms with E-state index in [1.165, 1.54) is 0 Å². The molecule has 15 nitrogen and oxygen atoms in total. The number of nitrogen functional groups attached to an aromatic ring is 1. The molecule has 0 spiro atoms. The molecule has 1 saturated heterocycles. The van der Waals surface area contributed by atoms with Gasteiger partial charge in [-0.1, -0.05) is 0 Å². The quantitative estimate of drug-likeness (QED) is 0.260. The van der Waals surface area contributed by atoms with Crippen LogP contribution in [0.1, 0.15) is 6.23 Å². The number of rotatable bonds is 6. The van der Waals surface area contributed by atoms with Gasteiger partial charge < -0.3 is 35.4 Å². The molecule has 5 unspecified atom stereocenters. The second-order valence-corrected chi connectivity index (χ2v) is 7.62. The molecule has 2 heterocycles. The summed E-state index contributed by atoms with van der Waals surface area (Å²) >= 11 is 0. The lowest BCUT2D eigenvalue weighted by molar-refractivity contribution is -0.0546. The second-order valence-electron chi connectivity index (χ2n) is 4.79. The fraction of sp³-hybridized carbons (Fsp3) is 0.625. The predicted octanol–water partition coefficient (Wildman–Crippen LogP) is -2.93. The maximum atomic E-state index is 11.7. The molecule has 25 heavy (non-hydrogen) atoms. The highest BCUT2D eigenvalue weighted by atomic mass is 31.3. The van der Waals surface area contributed by atoms with Crippen molar-refractivity contribution in [2.24, 2.45) is 0 Å². The van der Waals surface area contributed by atoms with Crippen LogP contribution in [0.3, 0.4) is 0 Å². The van der Waals surface area contributed by atoms with Gasteiger partial charge in [0, 0.05) is 0 Å². The number of phosphoric ester groups is 1. The van der Waals surface area contributed by atoms with Gasteiger partial charge in [-0.25, -0.2) is 18.9 Å². The highest BCUT2D eigenvalue weighted by Gasteiger charge is 2.45. The first-order valence-electron chi connectivity index (χ1n) is 6.36. The van der Waals surface area contributed by atoms with Crippen LogP contribution in [-0.4, -0.2) is 64.3 Å². The molecule has 1 fully saturated rings. The van der Waals surface area contributed by atoms with Crippen molar-refractivity contribution in [1.29, 1.82) is 0 Å². The van der Waals surface area contributed by atoms with Crippen molar-refractivity contribution < 1.29 is 47.6 Å². The van der Waals surface area contributed by atoms with Crippen LogP contribution in [0.15, 0.2) is 11.1 Å². The van der Waals surface area contributed by atoms with Gasteiger partial charge in [-0.3, -0.25) is 9.09 Å². The summed E-state index contributed by atoms with van der Waals surface area (Å²) < 4.78 is 35.6. The first-order chi connectivity index (χ1) is 11.4. The van der Waals surface area contributed by atoms with E-state index in [0.29, 0.717) is 0 Å². The van der Waals surface area contributed by atoms with E-state index in [4.69, 9.17) is 25.2 Å². The van der Waals surface area contributed by atoms with Crippen molar-refractivity contribution in [2.45, 2.75) is 24.5 Å². The second kappa shape index (κ2) is 7.17. The number of hydrogen-bond acceptors (Lipinski definition) is 11. The molecule has 142 valence electrons. The molecular formula is C8H14N4O11P2. The van der Waals surface area contributed by atoms with Crippen LogP contribution in [0.4, 0.5) is 5.95 Å². The molecule has 1 aliphatic rings. The van der Waals surface area contributed by atoms with Crippen LogP contribution in [-0.2, 0) is 22.7 Å². The Morgan fingerprint density at radius 1 is 1.28 bits per heavy atom. The maximum Gasteiger partial charge on any atom is 0.481 e. The Morgan fingerprint density at radius 3 is 2.48 bits per heavy atom. The molecule has 7 N–H and O–H groups in total. The maximum absolute atomic E-state index is 11.7. The number of aromatic nitrogens is 3. The van der Waals surface area contributed by atoms with Crippen molar-refractivity contribution in [2.75, 3.05) is 12.3 Å². The zero-order valence-corrected chi connectivity index (χ0v) is 13.9. The molecule has 0 radical (unpaired) electrons. The summed E-state index contributed by atoms with van der Waals surface area (Å²) in [6.45, 7) is -0.896. The summed E-state index contributed by atoms with van der Waals surface area (Å²) in [7, 11) is -10.5. The first kappa shape index (κ1) is 20.1. The van der Waals surface area contributed by atoms with E-state index in [-0.39, 0.29) is 5.95 Å². The molecule has 0 amide bonds. The lowest BCUT2D eigenvalue weighted by Gasteiger charge is -2.17. The van der Waals surface area contributed by atoms with Gasteiger partial charge in [-0.2, -0.15) is 9.29 Å². The molecule has 0 saturated carbocycles. The van der Waals surface area contributed by atoms with Crippen molar-refractivity contribution in [3.8, 4) is 0 Å². The Hall–Kier alpha value is -1.25. The van der Waals surface area contributed by atoms with Crippen molar-refractivity contribution >= 4 is 21.6 Å². The van der Waals surface area contributed by atoms with Gasteiger partial charge >= 0.3 is 21.3 Å². The Kier molecular flexibility index (Phi) is 5.75. The Morgan fingerprint density at radius 2 is 1.92 bits per heavy atom. The summed E-state index contributed by atoms with van der Waals surface area (Å²) in [4.78, 5) is 44.6. The topological polar surface area (TPSA) is 237 Å². The van der Waals surface area contributed by atoms with Crippen LogP contribution in [0, 0.1) is 0 Å². The summed E-state index contributed by atoms with van der Waals surface area (Å²) in [6, 6.07) is 0. The number of ether oxygens (including phenoxy) is 1. The minimum Gasteiger partial charge on any atom is -0.387 e. The van der Waals surface area contributed by atoms with Gasteiger partial charge in [0.05, 0.1) is 6.61 Å². The number of aliphatic hydroxyl groups excluding tert-OH is 2. The third-order valence-electron chi connectivity index (χ3n) is 2.97. The average molecular weight is 404 g/mol. The number of nitrogens with two attached hydrogens (primary N) is 1. The molecular weight excluding hydrogens is 390 g/mol. The van der Waals surface area contributed by atoms with Crippen molar-refractivity contribution in [3.05, 3.63) is 16.8 Å². The van der Waals surface area contributed by atoms with Crippen molar-refractivity contribution in [3.63, 3.8) is 0 Å². The molecule has 17 heteroatoms. The fourth-order valence-corrected chi connectivity index (χ4v) is 3.55. The van der Waals surface area contributed by atoms with E-state index < -0.39 is 52.5 Å². The third kappa shape index (κ3) is 5.12. The molecule has 1 aromatic heterocycles. The first-order valence-corrected chi connectivity index (χ1v) is 9.39. The third-order valence-corrected chi connectivity index (χ3v) is 5.12. The monoisotopic (exact) mass is 404 g/mol. The molecule has 0 aromatic carbocycles. The number of phosphoric acid groups is 2. The minimum absolute atomic E-state index is 0.329. The smallest absolute Gasteiger partial charge is 0.387 e. The lowest BCUT2D eigenvalue weighted by Crippen LogP contribution is -2.36. The zero-order chi connectivity index (χ0) is 19.0. The van der Waals surface area contributed by atoms with E-state index in [1.807, 2.05) is 0 Å².